The number of carbonyl (C=O) groups excluding carboxylic acids is 1. The number of hydrogen-bond donors (Lipinski definition) is 0. The monoisotopic (exact) mass is 393 g/mol. The highest BCUT2D eigenvalue weighted by Crippen LogP contribution is 2.26. The van der Waals surface area contributed by atoms with Crippen LogP contribution in [0.1, 0.15) is 39.7 Å². The third kappa shape index (κ3) is 7.52. The number of carbonyl (C=O) groups is 1. The predicted octanol–water partition coefficient (Wildman–Crippen LogP) is 4.63. The zero-order valence-electron chi connectivity index (χ0n) is 18.0. The average molecular weight is 394 g/mol. The highest BCUT2D eigenvalue weighted by Gasteiger charge is 2.32. The number of nitrogens with zero attached hydrogens (tertiary/aromatic N) is 1. The van der Waals surface area contributed by atoms with E-state index in [1.54, 1.807) is 19.1 Å². The van der Waals surface area contributed by atoms with Crippen molar-refractivity contribution in [2.75, 3.05) is 27.6 Å². The molecule has 28 heavy (non-hydrogen) atoms. The Bertz CT molecular complexity index is 602. The van der Waals surface area contributed by atoms with Gasteiger partial charge in [-0.05, 0) is 32.3 Å². The number of allylic oxidation sites excluding steroid dienone is 1. The Kier molecular flexibility index (Phi) is 11.3. The summed E-state index contributed by atoms with van der Waals surface area (Å²) in [4.78, 5) is 14.6. The summed E-state index contributed by atoms with van der Waals surface area (Å²) < 4.78 is 21.9. The highest BCUT2D eigenvalue weighted by molar-refractivity contribution is 5.68. The van der Waals surface area contributed by atoms with E-state index in [1.807, 2.05) is 50.3 Å². The van der Waals surface area contributed by atoms with E-state index in [0.717, 1.165) is 17.7 Å². The number of hydrogen-bond acceptors (Lipinski definition) is 5. The molecule has 0 aliphatic rings. The molecule has 1 amide bonds. The minimum atomic E-state index is -0.366. The second kappa shape index (κ2) is 13.2. The molecule has 0 radical (unpaired) electrons. The van der Waals surface area contributed by atoms with Crippen LogP contribution in [-0.4, -0.2) is 50.8 Å². The summed E-state index contributed by atoms with van der Waals surface area (Å²) >= 11 is 0. The second-order valence-electron chi connectivity index (χ2n) is 6.90. The van der Waals surface area contributed by atoms with Crippen LogP contribution < -0.4 is 4.74 Å². The molecule has 0 fully saturated rings. The van der Waals surface area contributed by atoms with Gasteiger partial charge < -0.3 is 18.9 Å². The van der Waals surface area contributed by atoms with E-state index in [0.29, 0.717) is 19.1 Å². The smallest absolute Gasteiger partial charge is 0.410 e. The second-order valence-corrected chi connectivity index (χ2v) is 6.90. The first kappa shape index (κ1) is 24.0. The Morgan fingerprint density at radius 1 is 1.21 bits per heavy atom. The Labute approximate surface area is 169 Å². The summed E-state index contributed by atoms with van der Waals surface area (Å²) in [5.74, 6) is 1.10. The van der Waals surface area contributed by atoms with Gasteiger partial charge in [-0.3, -0.25) is 4.90 Å². The quantitative estimate of drug-likeness (QED) is 0.383. The summed E-state index contributed by atoms with van der Waals surface area (Å²) in [6, 6.07) is 7.48. The molecule has 1 aromatic carbocycles. The van der Waals surface area contributed by atoms with Gasteiger partial charge in [0.15, 0.2) is 0 Å². The van der Waals surface area contributed by atoms with Crippen molar-refractivity contribution in [3.05, 3.63) is 42.0 Å². The standard InChI is InChI=1S/C22H35NO5/c1-7-11-21(28-16-25-5)19(14-17(3)4)23(22(24)27-8-2)15-18-12-9-10-13-20(18)26-6/h7,9-13,17,19,21H,8,14-16H2,1-6H3/b11-7+/t19-,21-/m1/s1. The van der Waals surface area contributed by atoms with Gasteiger partial charge in [-0.1, -0.05) is 44.2 Å². The number of ether oxygens (including phenoxy) is 4. The van der Waals surface area contributed by atoms with Crippen LogP contribution in [-0.2, 0) is 20.8 Å². The SMILES string of the molecule is C/C=C/[C@@H](OCOC)[C@@H](CC(C)C)N(Cc1ccccc1OC)C(=O)OCC. The van der Waals surface area contributed by atoms with Gasteiger partial charge in [0.2, 0.25) is 0 Å². The van der Waals surface area contributed by atoms with Crippen molar-refractivity contribution in [1.82, 2.24) is 4.90 Å². The largest absolute Gasteiger partial charge is 0.496 e. The summed E-state index contributed by atoms with van der Waals surface area (Å²) in [6.45, 7) is 8.82. The Morgan fingerprint density at radius 3 is 2.50 bits per heavy atom. The number of benzene rings is 1. The lowest BCUT2D eigenvalue weighted by Crippen LogP contribution is -2.48. The van der Waals surface area contributed by atoms with Gasteiger partial charge in [-0.25, -0.2) is 4.79 Å². The molecule has 158 valence electrons. The van der Waals surface area contributed by atoms with E-state index in [4.69, 9.17) is 18.9 Å². The molecule has 0 heterocycles. The molecule has 0 bridgehead atoms. The maximum Gasteiger partial charge on any atom is 0.410 e. The first-order valence-corrected chi connectivity index (χ1v) is 9.77. The van der Waals surface area contributed by atoms with Crippen molar-refractivity contribution in [2.45, 2.75) is 52.8 Å². The first-order valence-electron chi connectivity index (χ1n) is 9.77. The molecule has 0 saturated carbocycles. The van der Waals surface area contributed by atoms with Crippen LogP contribution in [0.4, 0.5) is 4.79 Å². The fraction of sp³-hybridized carbons (Fsp3) is 0.591. The van der Waals surface area contributed by atoms with Gasteiger partial charge in [0.25, 0.3) is 0 Å². The minimum Gasteiger partial charge on any atom is -0.496 e. The molecule has 0 aliphatic carbocycles. The van der Waals surface area contributed by atoms with E-state index < -0.39 is 0 Å². The molecular formula is C22H35NO5. The molecule has 6 nitrogen and oxygen atoms in total. The molecule has 2 atom stereocenters. The van der Waals surface area contributed by atoms with Crippen molar-refractivity contribution in [2.24, 2.45) is 5.92 Å². The zero-order valence-corrected chi connectivity index (χ0v) is 18.0. The van der Waals surface area contributed by atoms with Crippen molar-refractivity contribution in [3.8, 4) is 5.75 Å². The van der Waals surface area contributed by atoms with E-state index >= 15 is 0 Å². The highest BCUT2D eigenvalue weighted by atomic mass is 16.7. The van der Waals surface area contributed by atoms with E-state index in [-0.39, 0.29) is 25.0 Å². The van der Waals surface area contributed by atoms with E-state index in [9.17, 15) is 4.79 Å². The van der Waals surface area contributed by atoms with Gasteiger partial charge in [0.1, 0.15) is 12.5 Å². The van der Waals surface area contributed by atoms with E-state index in [2.05, 4.69) is 13.8 Å². The summed E-state index contributed by atoms with van der Waals surface area (Å²) in [7, 11) is 3.21. The molecule has 0 N–H and O–H groups in total. The summed E-state index contributed by atoms with van der Waals surface area (Å²) in [5, 5.41) is 0. The molecule has 1 rings (SSSR count). The van der Waals surface area contributed by atoms with Gasteiger partial charge in [0, 0.05) is 12.7 Å². The Morgan fingerprint density at radius 2 is 1.93 bits per heavy atom. The summed E-state index contributed by atoms with van der Waals surface area (Å²) in [6.07, 6.45) is 3.97. The maximum atomic E-state index is 12.9. The summed E-state index contributed by atoms with van der Waals surface area (Å²) in [5.41, 5.74) is 0.915. The van der Waals surface area contributed by atoms with Crippen LogP contribution in [0.3, 0.4) is 0 Å². The topological polar surface area (TPSA) is 57.2 Å². The molecule has 0 spiro atoms. The molecule has 1 aromatic rings. The third-order valence-corrected chi connectivity index (χ3v) is 4.29. The molecule has 0 aliphatic heterocycles. The lowest BCUT2D eigenvalue weighted by atomic mass is 9.96. The number of methoxy groups -OCH3 is 2. The van der Waals surface area contributed by atoms with Gasteiger partial charge in [0.05, 0.1) is 32.4 Å². The normalized spacial score (nSPS) is 13.5. The van der Waals surface area contributed by atoms with Crippen LogP contribution in [0.5, 0.6) is 5.75 Å². The minimum absolute atomic E-state index is 0.148. The lowest BCUT2D eigenvalue weighted by Gasteiger charge is -2.36. The predicted molar refractivity (Wildman–Crippen MR) is 110 cm³/mol. The molecule has 6 heteroatoms. The molecule has 0 aromatic heterocycles. The Balaban J connectivity index is 3.30. The van der Waals surface area contributed by atoms with Crippen LogP contribution >= 0.6 is 0 Å². The van der Waals surface area contributed by atoms with Gasteiger partial charge in [-0.2, -0.15) is 0 Å². The van der Waals surface area contributed by atoms with E-state index in [1.165, 1.54) is 0 Å². The first-order chi connectivity index (χ1) is 13.5. The lowest BCUT2D eigenvalue weighted by molar-refractivity contribution is -0.0835. The number of para-hydroxylation sites is 1. The van der Waals surface area contributed by atoms with Crippen LogP contribution in [0.2, 0.25) is 0 Å². The van der Waals surface area contributed by atoms with Crippen LogP contribution in [0, 0.1) is 5.92 Å². The molecule has 0 unspecified atom stereocenters. The van der Waals surface area contributed by atoms with Crippen molar-refractivity contribution >= 4 is 6.09 Å². The maximum absolute atomic E-state index is 12.9. The number of rotatable bonds is 12. The van der Waals surface area contributed by atoms with Crippen molar-refractivity contribution < 1.29 is 23.7 Å². The van der Waals surface area contributed by atoms with Crippen LogP contribution in [0.25, 0.3) is 0 Å². The van der Waals surface area contributed by atoms with Crippen molar-refractivity contribution in [1.29, 1.82) is 0 Å². The average Bonchev–Trinajstić information content (AvgIpc) is 2.68. The van der Waals surface area contributed by atoms with Gasteiger partial charge in [-0.15, -0.1) is 0 Å². The fourth-order valence-electron chi connectivity index (χ4n) is 3.09. The van der Waals surface area contributed by atoms with Crippen molar-refractivity contribution in [3.63, 3.8) is 0 Å². The van der Waals surface area contributed by atoms with Crippen LogP contribution in [0.15, 0.2) is 36.4 Å². The molecular weight excluding hydrogens is 358 g/mol. The number of amides is 1. The zero-order chi connectivity index (χ0) is 20.9. The third-order valence-electron chi connectivity index (χ3n) is 4.29. The Hall–Kier alpha value is -2.05. The fourth-order valence-corrected chi connectivity index (χ4v) is 3.09. The van der Waals surface area contributed by atoms with Gasteiger partial charge >= 0.3 is 6.09 Å². The molecule has 0 saturated heterocycles.